The standard InChI is InChI=1S/C26H25N3O6/c1-34-22(15-16-23(31)28-21-10-6-5-9-20(21)27)24(17-11-13-19(30)14-12-17)35-26(33)29-25(32)18-7-3-2-4-8-18/h2-16,22,24,30H,27H2,1H3,(H,28,31)(H,29,32,33)/b16-15+/t22-,24-/m0/s1. The van der Waals surface area contributed by atoms with Gasteiger partial charge in [0.15, 0.2) is 6.10 Å². The van der Waals surface area contributed by atoms with Crippen molar-refractivity contribution in [1.29, 1.82) is 0 Å². The van der Waals surface area contributed by atoms with E-state index in [0.29, 0.717) is 16.9 Å². The van der Waals surface area contributed by atoms with Crippen LogP contribution < -0.4 is 16.4 Å². The van der Waals surface area contributed by atoms with E-state index in [0.717, 1.165) is 0 Å². The van der Waals surface area contributed by atoms with Gasteiger partial charge in [0.05, 0.1) is 11.4 Å². The Kier molecular flexibility index (Phi) is 8.58. The van der Waals surface area contributed by atoms with E-state index in [4.69, 9.17) is 15.2 Å². The van der Waals surface area contributed by atoms with Gasteiger partial charge in [-0.3, -0.25) is 14.9 Å². The number of para-hydroxylation sites is 2. The van der Waals surface area contributed by atoms with Crippen molar-refractivity contribution in [3.05, 3.63) is 102 Å². The van der Waals surface area contributed by atoms with Crippen LogP contribution >= 0.6 is 0 Å². The van der Waals surface area contributed by atoms with Crippen LogP contribution in [0.1, 0.15) is 22.0 Å². The monoisotopic (exact) mass is 475 g/mol. The lowest BCUT2D eigenvalue weighted by molar-refractivity contribution is -0.112. The van der Waals surface area contributed by atoms with Crippen molar-refractivity contribution in [2.24, 2.45) is 0 Å². The number of nitrogens with one attached hydrogen (secondary N) is 2. The lowest BCUT2D eigenvalue weighted by Crippen LogP contribution is -2.34. The molecule has 0 spiro atoms. The molecule has 5 N–H and O–H groups in total. The summed E-state index contributed by atoms with van der Waals surface area (Å²) in [5.74, 6) is -1.09. The van der Waals surface area contributed by atoms with Crippen LogP contribution in [0.5, 0.6) is 5.75 Å². The van der Waals surface area contributed by atoms with E-state index in [9.17, 15) is 19.5 Å². The van der Waals surface area contributed by atoms with Crippen LogP contribution in [-0.4, -0.2) is 36.2 Å². The van der Waals surface area contributed by atoms with Gasteiger partial charge in [-0.2, -0.15) is 0 Å². The number of carbonyl (C=O) groups excluding carboxylic acids is 3. The van der Waals surface area contributed by atoms with Crippen molar-refractivity contribution in [3.8, 4) is 5.75 Å². The molecule has 0 unspecified atom stereocenters. The van der Waals surface area contributed by atoms with Crippen molar-refractivity contribution < 1.29 is 29.0 Å². The van der Waals surface area contributed by atoms with Crippen molar-refractivity contribution in [1.82, 2.24) is 5.32 Å². The second-order valence-electron chi connectivity index (χ2n) is 7.37. The molecule has 0 bridgehead atoms. The fourth-order valence-electron chi connectivity index (χ4n) is 3.16. The molecule has 0 aliphatic carbocycles. The second kappa shape index (κ2) is 12.0. The quantitative estimate of drug-likeness (QED) is 0.287. The van der Waals surface area contributed by atoms with E-state index >= 15 is 0 Å². The maximum absolute atomic E-state index is 12.5. The Hall–Kier alpha value is -4.63. The molecule has 0 fully saturated rings. The lowest BCUT2D eigenvalue weighted by Gasteiger charge is -2.24. The summed E-state index contributed by atoms with van der Waals surface area (Å²) in [6.45, 7) is 0. The Balaban J connectivity index is 1.76. The number of phenols is 1. The van der Waals surface area contributed by atoms with Gasteiger partial charge in [-0.05, 0) is 48.0 Å². The molecule has 9 nitrogen and oxygen atoms in total. The summed E-state index contributed by atoms with van der Waals surface area (Å²) in [5, 5.41) is 14.5. The fraction of sp³-hybridized carbons (Fsp3) is 0.115. The molecule has 0 aromatic heterocycles. The number of alkyl carbamates (subject to hydrolysis) is 1. The fourth-order valence-corrected chi connectivity index (χ4v) is 3.16. The lowest BCUT2D eigenvalue weighted by atomic mass is 10.0. The van der Waals surface area contributed by atoms with Crippen LogP contribution in [0.4, 0.5) is 16.2 Å². The van der Waals surface area contributed by atoms with Crippen molar-refractivity contribution >= 4 is 29.3 Å². The van der Waals surface area contributed by atoms with E-state index in [-0.39, 0.29) is 11.3 Å². The summed E-state index contributed by atoms with van der Waals surface area (Å²) in [7, 11) is 1.38. The zero-order chi connectivity index (χ0) is 25.2. The summed E-state index contributed by atoms with van der Waals surface area (Å²) < 4.78 is 11.0. The first-order chi connectivity index (χ1) is 16.9. The van der Waals surface area contributed by atoms with E-state index in [1.807, 2.05) is 0 Å². The number of imide groups is 1. The van der Waals surface area contributed by atoms with Gasteiger partial charge in [-0.1, -0.05) is 42.5 Å². The molecule has 3 amide bonds. The molecule has 3 aromatic rings. The Labute approximate surface area is 202 Å². The molecule has 9 heteroatoms. The number of hydrogen-bond acceptors (Lipinski definition) is 7. The highest BCUT2D eigenvalue weighted by Gasteiger charge is 2.27. The van der Waals surface area contributed by atoms with Gasteiger partial charge in [0.2, 0.25) is 5.91 Å². The highest BCUT2D eigenvalue weighted by molar-refractivity contribution is 6.03. The van der Waals surface area contributed by atoms with Crippen LogP contribution in [0.15, 0.2) is 91.0 Å². The molecule has 0 aliphatic heterocycles. The minimum absolute atomic E-state index is 0.0144. The maximum atomic E-state index is 12.5. The average molecular weight is 476 g/mol. The average Bonchev–Trinajstić information content (AvgIpc) is 2.86. The number of ether oxygens (including phenoxy) is 2. The second-order valence-corrected chi connectivity index (χ2v) is 7.37. The van der Waals surface area contributed by atoms with Crippen LogP contribution in [0.25, 0.3) is 0 Å². The number of methoxy groups -OCH3 is 1. The number of aromatic hydroxyl groups is 1. The first-order valence-corrected chi connectivity index (χ1v) is 10.6. The summed E-state index contributed by atoms with van der Waals surface area (Å²) in [5.41, 5.74) is 7.45. The molecule has 3 rings (SSSR count). The minimum atomic E-state index is -1.05. The third-order valence-corrected chi connectivity index (χ3v) is 4.93. The Morgan fingerprint density at radius 2 is 1.60 bits per heavy atom. The van der Waals surface area contributed by atoms with Crippen LogP contribution in [0, 0.1) is 0 Å². The molecule has 0 aliphatic rings. The summed E-state index contributed by atoms with van der Waals surface area (Å²) in [6.07, 6.45) is -0.317. The number of anilines is 2. The largest absolute Gasteiger partial charge is 0.508 e. The van der Waals surface area contributed by atoms with Crippen molar-refractivity contribution in [2.45, 2.75) is 12.2 Å². The van der Waals surface area contributed by atoms with Gasteiger partial charge < -0.3 is 25.6 Å². The molecule has 3 aromatic carbocycles. The van der Waals surface area contributed by atoms with E-state index in [1.165, 1.54) is 43.5 Å². The number of hydrogen-bond donors (Lipinski definition) is 4. The van der Waals surface area contributed by atoms with Gasteiger partial charge in [0.1, 0.15) is 11.9 Å². The zero-order valence-corrected chi connectivity index (χ0v) is 18.9. The summed E-state index contributed by atoms with van der Waals surface area (Å²) in [6, 6.07) is 20.9. The van der Waals surface area contributed by atoms with Gasteiger partial charge in [-0.25, -0.2) is 4.79 Å². The predicted octanol–water partition coefficient (Wildman–Crippen LogP) is 3.79. The summed E-state index contributed by atoms with van der Waals surface area (Å²) >= 11 is 0. The van der Waals surface area contributed by atoms with Gasteiger partial charge in [0, 0.05) is 18.7 Å². The molecular weight excluding hydrogens is 450 g/mol. The molecule has 180 valence electrons. The normalized spacial score (nSPS) is 12.5. The number of benzene rings is 3. The molecule has 2 atom stereocenters. The first-order valence-electron chi connectivity index (χ1n) is 10.6. The third kappa shape index (κ3) is 7.18. The van der Waals surface area contributed by atoms with Crippen molar-refractivity contribution in [3.63, 3.8) is 0 Å². The maximum Gasteiger partial charge on any atom is 0.414 e. The molecule has 0 heterocycles. The molecule has 0 saturated heterocycles. The van der Waals surface area contributed by atoms with Crippen LogP contribution in [-0.2, 0) is 14.3 Å². The third-order valence-electron chi connectivity index (χ3n) is 4.93. The van der Waals surface area contributed by atoms with Gasteiger partial charge >= 0.3 is 6.09 Å². The van der Waals surface area contributed by atoms with Gasteiger partial charge in [-0.15, -0.1) is 0 Å². The molecule has 0 saturated carbocycles. The van der Waals surface area contributed by atoms with Crippen LogP contribution in [0.2, 0.25) is 0 Å². The topological polar surface area (TPSA) is 140 Å². The van der Waals surface area contributed by atoms with E-state index in [1.54, 1.807) is 54.6 Å². The zero-order valence-electron chi connectivity index (χ0n) is 18.9. The van der Waals surface area contributed by atoms with E-state index in [2.05, 4.69) is 10.6 Å². The highest BCUT2D eigenvalue weighted by Crippen LogP contribution is 2.26. The molecule has 0 radical (unpaired) electrons. The highest BCUT2D eigenvalue weighted by atomic mass is 16.6. The smallest absolute Gasteiger partial charge is 0.414 e. The number of phenolic OH excluding ortho intramolecular Hbond substituents is 1. The number of nitrogen functional groups attached to an aromatic ring is 1. The molecule has 35 heavy (non-hydrogen) atoms. The minimum Gasteiger partial charge on any atom is -0.508 e. The van der Waals surface area contributed by atoms with Crippen molar-refractivity contribution in [2.75, 3.05) is 18.2 Å². The van der Waals surface area contributed by atoms with Crippen LogP contribution in [0.3, 0.4) is 0 Å². The summed E-state index contributed by atoms with van der Waals surface area (Å²) in [4.78, 5) is 37.3. The first kappa shape index (κ1) is 25.0. The number of carbonyl (C=O) groups is 3. The SMILES string of the molecule is CO[C@@H](/C=C/C(=O)Nc1ccccc1N)[C@@H](OC(=O)NC(=O)c1ccccc1)c1ccc(O)cc1. The predicted molar refractivity (Wildman–Crippen MR) is 131 cm³/mol. The number of amides is 3. The van der Waals surface area contributed by atoms with E-state index < -0.39 is 30.1 Å². The Bertz CT molecular complexity index is 1200. The molecular formula is C26H25N3O6. The Morgan fingerprint density at radius 1 is 0.943 bits per heavy atom. The van der Waals surface area contributed by atoms with Gasteiger partial charge in [0.25, 0.3) is 5.91 Å². The number of nitrogens with two attached hydrogens (primary N) is 1. The Morgan fingerprint density at radius 3 is 2.26 bits per heavy atom. The number of rotatable bonds is 8.